The van der Waals surface area contributed by atoms with Crippen molar-refractivity contribution in [3.05, 3.63) is 54.2 Å². The van der Waals surface area contributed by atoms with E-state index < -0.39 is 67.7 Å². The molecule has 0 aliphatic carbocycles. The molecule has 40 heavy (non-hydrogen) atoms. The van der Waals surface area contributed by atoms with E-state index in [1.807, 2.05) is 44.2 Å². The van der Waals surface area contributed by atoms with Gasteiger partial charge < -0.3 is 45.5 Å². The monoisotopic (exact) mass is 559 g/mol. The summed E-state index contributed by atoms with van der Waals surface area (Å²) in [6.45, 7) is 6.63. The second kappa shape index (κ2) is 14.1. The first-order valence-electron chi connectivity index (χ1n) is 13.2. The first-order chi connectivity index (χ1) is 18.9. The molecule has 0 saturated carbocycles. The highest BCUT2D eigenvalue weighted by molar-refractivity contribution is 6.43. The standard InChI is InChI=1S/C27H38BN3O9/c1-14(2)13-20(28(37)38)30-26(36)21(15(3)39-27-24(34)23(33)22(32)16(4)40-27)31-25(35)19-12-8-11-18(29-19)17-9-6-5-7-10-17/h5-12,14-16,20-24,27,32-34,37-38H,13H2,1-4H3,(H,30,36)(H,31,35)/t15?,16-,20-,21-,22+,23+,24-,27+/m0/s1. The van der Waals surface area contributed by atoms with Gasteiger partial charge in [-0.2, -0.15) is 0 Å². The van der Waals surface area contributed by atoms with Gasteiger partial charge in [0.15, 0.2) is 6.29 Å². The molecule has 0 spiro atoms. The van der Waals surface area contributed by atoms with E-state index in [-0.39, 0.29) is 18.0 Å². The first-order valence-corrected chi connectivity index (χ1v) is 13.2. The normalized spacial score (nSPS) is 25.1. The van der Waals surface area contributed by atoms with Gasteiger partial charge in [0.2, 0.25) is 5.91 Å². The van der Waals surface area contributed by atoms with Crippen LogP contribution in [0, 0.1) is 5.92 Å². The second-order valence-corrected chi connectivity index (χ2v) is 10.4. The number of aromatic nitrogens is 1. The fourth-order valence-electron chi connectivity index (χ4n) is 4.39. The van der Waals surface area contributed by atoms with Crippen molar-refractivity contribution in [1.29, 1.82) is 0 Å². The zero-order chi connectivity index (χ0) is 29.6. The van der Waals surface area contributed by atoms with Crippen molar-refractivity contribution in [1.82, 2.24) is 15.6 Å². The smallest absolute Gasteiger partial charge is 0.426 e. The highest BCUT2D eigenvalue weighted by atomic mass is 16.7. The lowest BCUT2D eigenvalue weighted by Gasteiger charge is -2.40. The Morgan fingerprint density at radius 3 is 2.27 bits per heavy atom. The number of aliphatic hydroxyl groups excluding tert-OH is 3. The number of benzene rings is 1. The molecular weight excluding hydrogens is 521 g/mol. The van der Waals surface area contributed by atoms with Gasteiger partial charge in [-0.15, -0.1) is 0 Å². The third-order valence-electron chi connectivity index (χ3n) is 6.66. The minimum Gasteiger partial charge on any atom is -0.426 e. The molecule has 1 aliphatic heterocycles. The SMILES string of the molecule is CC(C)C[C@H](NC(=O)[C@@H](NC(=O)c1cccc(-c2ccccc2)n1)C(C)O[C@@H]1O[C@@H](C)[C@@H](O)[C@@H](O)[C@@H]1O)B(O)O. The van der Waals surface area contributed by atoms with Gasteiger partial charge in [0.25, 0.3) is 5.91 Å². The molecule has 0 bridgehead atoms. The summed E-state index contributed by atoms with van der Waals surface area (Å²) in [6, 6.07) is 12.7. The number of rotatable bonds is 11. The van der Waals surface area contributed by atoms with Crippen LogP contribution in [0.2, 0.25) is 0 Å². The molecule has 2 heterocycles. The maximum atomic E-state index is 13.4. The Labute approximate surface area is 233 Å². The van der Waals surface area contributed by atoms with Crippen LogP contribution in [0.4, 0.5) is 0 Å². The molecule has 13 heteroatoms. The van der Waals surface area contributed by atoms with Gasteiger partial charge in [-0.25, -0.2) is 4.98 Å². The third-order valence-corrected chi connectivity index (χ3v) is 6.66. The van der Waals surface area contributed by atoms with Gasteiger partial charge in [-0.3, -0.25) is 9.59 Å². The van der Waals surface area contributed by atoms with Crippen LogP contribution in [-0.2, 0) is 14.3 Å². The summed E-state index contributed by atoms with van der Waals surface area (Å²) in [5, 5.41) is 55.3. The third kappa shape index (κ3) is 8.07. The van der Waals surface area contributed by atoms with E-state index in [2.05, 4.69) is 15.6 Å². The van der Waals surface area contributed by atoms with Gasteiger partial charge in [0, 0.05) is 5.56 Å². The van der Waals surface area contributed by atoms with E-state index in [4.69, 9.17) is 9.47 Å². The summed E-state index contributed by atoms with van der Waals surface area (Å²) < 4.78 is 11.3. The lowest BCUT2D eigenvalue weighted by molar-refractivity contribution is -0.303. The van der Waals surface area contributed by atoms with E-state index in [1.165, 1.54) is 19.9 Å². The van der Waals surface area contributed by atoms with Gasteiger partial charge in [0.05, 0.1) is 23.8 Å². The van der Waals surface area contributed by atoms with E-state index >= 15 is 0 Å². The van der Waals surface area contributed by atoms with Crippen molar-refractivity contribution in [3.63, 3.8) is 0 Å². The topological polar surface area (TPSA) is 191 Å². The second-order valence-electron chi connectivity index (χ2n) is 10.4. The van der Waals surface area contributed by atoms with Crippen molar-refractivity contribution in [2.45, 2.75) is 82.9 Å². The number of amides is 2. The number of nitrogens with zero attached hydrogens (tertiary/aromatic N) is 1. The number of nitrogens with one attached hydrogen (secondary N) is 2. The van der Waals surface area contributed by atoms with Gasteiger partial charge >= 0.3 is 7.12 Å². The van der Waals surface area contributed by atoms with E-state index in [0.717, 1.165) is 5.56 Å². The first kappa shape index (κ1) is 31.6. The van der Waals surface area contributed by atoms with E-state index in [1.54, 1.807) is 12.1 Å². The fraction of sp³-hybridized carbons (Fsp3) is 0.519. The minimum absolute atomic E-state index is 0.0129. The van der Waals surface area contributed by atoms with Crippen molar-refractivity contribution in [3.8, 4) is 11.3 Å². The van der Waals surface area contributed by atoms with Crippen LogP contribution in [0.25, 0.3) is 11.3 Å². The van der Waals surface area contributed by atoms with Gasteiger partial charge in [-0.1, -0.05) is 50.2 Å². The zero-order valence-corrected chi connectivity index (χ0v) is 22.9. The molecule has 218 valence electrons. The number of carbonyl (C=O) groups is 2. The summed E-state index contributed by atoms with van der Waals surface area (Å²) in [5.41, 5.74) is 1.35. The average molecular weight is 559 g/mol. The van der Waals surface area contributed by atoms with Crippen LogP contribution >= 0.6 is 0 Å². The Bertz CT molecular complexity index is 1120. The Kier molecular flexibility index (Phi) is 11.2. The van der Waals surface area contributed by atoms with Crippen LogP contribution in [0.1, 0.15) is 44.6 Å². The van der Waals surface area contributed by atoms with Crippen LogP contribution in [0.15, 0.2) is 48.5 Å². The van der Waals surface area contributed by atoms with Gasteiger partial charge in [-0.05, 0) is 38.3 Å². The lowest BCUT2D eigenvalue weighted by Crippen LogP contribution is -2.61. The number of aliphatic hydroxyl groups is 3. The number of hydrogen-bond acceptors (Lipinski definition) is 10. The fourth-order valence-corrected chi connectivity index (χ4v) is 4.39. The number of carbonyl (C=O) groups excluding carboxylic acids is 2. The minimum atomic E-state index is -1.86. The van der Waals surface area contributed by atoms with Crippen LogP contribution in [0.5, 0.6) is 0 Å². The Balaban J connectivity index is 1.85. The Morgan fingerprint density at radius 2 is 1.65 bits per heavy atom. The molecule has 1 fully saturated rings. The summed E-state index contributed by atoms with van der Waals surface area (Å²) >= 11 is 0. The molecule has 1 saturated heterocycles. The molecule has 1 aromatic carbocycles. The largest absolute Gasteiger partial charge is 0.475 e. The van der Waals surface area contributed by atoms with E-state index in [0.29, 0.717) is 5.69 Å². The quantitative estimate of drug-likeness (QED) is 0.179. The van der Waals surface area contributed by atoms with Gasteiger partial charge in [0.1, 0.15) is 30.0 Å². The Morgan fingerprint density at radius 1 is 0.975 bits per heavy atom. The molecule has 3 rings (SSSR count). The predicted molar refractivity (Wildman–Crippen MR) is 145 cm³/mol. The van der Waals surface area contributed by atoms with Crippen molar-refractivity contribution in [2.24, 2.45) is 5.92 Å². The summed E-state index contributed by atoms with van der Waals surface area (Å²) in [5.74, 6) is -2.50. The summed E-state index contributed by atoms with van der Waals surface area (Å²) in [7, 11) is -1.86. The maximum absolute atomic E-state index is 13.4. The molecule has 2 amide bonds. The molecule has 2 aromatic rings. The molecule has 1 aromatic heterocycles. The highest BCUT2D eigenvalue weighted by Gasteiger charge is 2.44. The zero-order valence-electron chi connectivity index (χ0n) is 22.9. The molecule has 12 nitrogen and oxygen atoms in total. The number of pyridine rings is 1. The maximum Gasteiger partial charge on any atom is 0.475 e. The van der Waals surface area contributed by atoms with Crippen molar-refractivity contribution >= 4 is 18.9 Å². The molecule has 8 atom stereocenters. The summed E-state index contributed by atoms with van der Waals surface area (Å²) in [4.78, 5) is 31.1. The average Bonchev–Trinajstić information content (AvgIpc) is 2.93. The van der Waals surface area contributed by atoms with Crippen LogP contribution in [0.3, 0.4) is 0 Å². The van der Waals surface area contributed by atoms with Crippen molar-refractivity contribution in [2.75, 3.05) is 0 Å². The van der Waals surface area contributed by atoms with Crippen LogP contribution in [-0.4, -0.2) is 98.1 Å². The lowest BCUT2D eigenvalue weighted by atomic mass is 9.75. The van der Waals surface area contributed by atoms with E-state index in [9.17, 15) is 35.0 Å². The summed E-state index contributed by atoms with van der Waals surface area (Å²) in [6.07, 6.45) is -7.77. The van der Waals surface area contributed by atoms with Crippen LogP contribution < -0.4 is 10.6 Å². The molecular formula is C27H38BN3O9. The molecule has 1 aliphatic rings. The number of hydrogen-bond donors (Lipinski definition) is 7. The number of ether oxygens (including phenoxy) is 2. The Hall–Kier alpha value is -2.91. The van der Waals surface area contributed by atoms with Crippen molar-refractivity contribution < 1.29 is 44.4 Å². The predicted octanol–water partition coefficient (Wildman–Crippen LogP) is -0.377. The molecule has 0 radical (unpaired) electrons. The molecule has 7 N–H and O–H groups in total. The molecule has 1 unspecified atom stereocenters. The highest BCUT2D eigenvalue weighted by Crippen LogP contribution is 2.24.